The van der Waals surface area contributed by atoms with Crippen molar-refractivity contribution in [2.75, 3.05) is 13.2 Å². The van der Waals surface area contributed by atoms with Crippen LogP contribution in [0.3, 0.4) is 0 Å². The monoisotopic (exact) mass is 405 g/mol. The summed E-state index contributed by atoms with van der Waals surface area (Å²) in [6.07, 6.45) is 4.57. The number of aromatic nitrogens is 2. The average Bonchev–Trinajstić information content (AvgIpc) is 3.39. The third-order valence-electron chi connectivity index (χ3n) is 5.98. The van der Waals surface area contributed by atoms with E-state index in [4.69, 9.17) is 9.72 Å². The number of para-hydroxylation sites is 3. The van der Waals surface area contributed by atoms with E-state index in [-0.39, 0.29) is 11.9 Å². The first-order valence-corrected chi connectivity index (χ1v) is 11.1. The standard InChI is InChI=1S/C25H31N3O2/c1-3-24(29)27-17-10-14-22(27)25-26-20-12-5-6-13-21(20)28(25)16-8-9-18-30-23-15-7-4-11-19(23)2/h4-7,11-13,15,22H,3,8-10,14,16-18H2,1-2H3/t22-/m0/s1. The fourth-order valence-corrected chi connectivity index (χ4v) is 4.39. The lowest BCUT2D eigenvalue weighted by molar-refractivity contribution is -0.131. The fraction of sp³-hybridized carbons (Fsp3) is 0.440. The Hall–Kier alpha value is -2.82. The Labute approximate surface area is 178 Å². The first-order valence-electron chi connectivity index (χ1n) is 11.1. The molecule has 3 aromatic rings. The van der Waals surface area contributed by atoms with E-state index in [0.717, 1.165) is 61.4 Å². The van der Waals surface area contributed by atoms with Gasteiger partial charge in [0.2, 0.25) is 5.91 Å². The average molecular weight is 406 g/mol. The minimum Gasteiger partial charge on any atom is -0.493 e. The molecule has 1 amide bonds. The number of rotatable bonds is 8. The second-order valence-corrected chi connectivity index (χ2v) is 8.03. The number of hydrogen-bond donors (Lipinski definition) is 0. The van der Waals surface area contributed by atoms with E-state index < -0.39 is 0 Å². The van der Waals surface area contributed by atoms with E-state index in [1.807, 2.05) is 36.1 Å². The van der Waals surface area contributed by atoms with Crippen LogP contribution in [0.5, 0.6) is 5.75 Å². The van der Waals surface area contributed by atoms with Crippen molar-refractivity contribution in [1.29, 1.82) is 0 Å². The molecule has 0 aliphatic carbocycles. The summed E-state index contributed by atoms with van der Waals surface area (Å²) in [6, 6.07) is 16.5. The smallest absolute Gasteiger partial charge is 0.222 e. The van der Waals surface area contributed by atoms with Crippen LogP contribution in [0.25, 0.3) is 11.0 Å². The quantitative estimate of drug-likeness (QED) is 0.479. The van der Waals surface area contributed by atoms with Crippen LogP contribution in [0.4, 0.5) is 0 Å². The molecule has 1 fully saturated rings. The second-order valence-electron chi connectivity index (χ2n) is 8.03. The molecule has 0 bridgehead atoms. The lowest BCUT2D eigenvalue weighted by atomic mass is 10.2. The van der Waals surface area contributed by atoms with Gasteiger partial charge in [-0.15, -0.1) is 0 Å². The number of carbonyl (C=O) groups is 1. The molecule has 0 saturated carbocycles. The zero-order chi connectivity index (χ0) is 20.9. The highest BCUT2D eigenvalue weighted by molar-refractivity contribution is 5.78. The maximum Gasteiger partial charge on any atom is 0.222 e. The number of nitrogens with zero attached hydrogens (tertiary/aromatic N) is 3. The van der Waals surface area contributed by atoms with Crippen molar-refractivity contribution in [3.8, 4) is 5.75 Å². The Bertz CT molecular complexity index is 1010. The zero-order valence-corrected chi connectivity index (χ0v) is 18.0. The van der Waals surface area contributed by atoms with E-state index in [9.17, 15) is 4.79 Å². The van der Waals surface area contributed by atoms with E-state index >= 15 is 0 Å². The van der Waals surface area contributed by atoms with Crippen molar-refractivity contribution in [3.63, 3.8) is 0 Å². The summed E-state index contributed by atoms with van der Waals surface area (Å²) in [5.74, 6) is 2.23. The summed E-state index contributed by atoms with van der Waals surface area (Å²) in [6.45, 7) is 6.44. The number of hydrogen-bond acceptors (Lipinski definition) is 3. The Morgan fingerprint density at radius 1 is 1.13 bits per heavy atom. The van der Waals surface area contributed by atoms with Crippen molar-refractivity contribution in [2.24, 2.45) is 0 Å². The van der Waals surface area contributed by atoms with Crippen LogP contribution in [0.2, 0.25) is 0 Å². The summed E-state index contributed by atoms with van der Waals surface area (Å²) in [4.78, 5) is 19.4. The van der Waals surface area contributed by atoms with E-state index in [1.54, 1.807) is 0 Å². The molecule has 0 spiro atoms. The predicted molar refractivity (Wildman–Crippen MR) is 120 cm³/mol. The molecule has 5 heteroatoms. The highest BCUT2D eigenvalue weighted by atomic mass is 16.5. The maximum atomic E-state index is 12.5. The molecular weight excluding hydrogens is 374 g/mol. The van der Waals surface area contributed by atoms with Gasteiger partial charge < -0.3 is 14.2 Å². The van der Waals surface area contributed by atoms with Crippen LogP contribution in [-0.2, 0) is 11.3 Å². The summed E-state index contributed by atoms with van der Waals surface area (Å²) >= 11 is 0. The molecule has 30 heavy (non-hydrogen) atoms. The number of aryl methyl sites for hydroxylation is 2. The second kappa shape index (κ2) is 9.33. The van der Waals surface area contributed by atoms with Crippen LogP contribution >= 0.6 is 0 Å². The van der Waals surface area contributed by atoms with Crippen molar-refractivity contribution in [3.05, 3.63) is 59.9 Å². The van der Waals surface area contributed by atoms with Crippen molar-refractivity contribution >= 4 is 16.9 Å². The van der Waals surface area contributed by atoms with Gasteiger partial charge in [0, 0.05) is 19.5 Å². The number of ether oxygens (including phenoxy) is 1. The molecule has 1 aromatic heterocycles. The van der Waals surface area contributed by atoms with Crippen LogP contribution in [0.15, 0.2) is 48.5 Å². The zero-order valence-electron chi connectivity index (χ0n) is 18.0. The molecule has 0 unspecified atom stereocenters. The predicted octanol–water partition coefficient (Wildman–Crippen LogP) is 5.28. The minimum absolute atomic E-state index is 0.0908. The van der Waals surface area contributed by atoms with E-state index in [0.29, 0.717) is 13.0 Å². The maximum absolute atomic E-state index is 12.5. The summed E-state index contributed by atoms with van der Waals surface area (Å²) in [5, 5.41) is 0. The van der Waals surface area contributed by atoms with Gasteiger partial charge in [-0.25, -0.2) is 4.98 Å². The largest absolute Gasteiger partial charge is 0.493 e. The molecule has 2 aromatic carbocycles. The van der Waals surface area contributed by atoms with Gasteiger partial charge in [0.15, 0.2) is 0 Å². The molecule has 0 N–H and O–H groups in total. The van der Waals surface area contributed by atoms with Gasteiger partial charge >= 0.3 is 0 Å². The number of likely N-dealkylation sites (tertiary alicyclic amines) is 1. The van der Waals surface area contributed by atoms with Crippen LogP contribution in [-0.4, -0.2) is 33.5 Å². The summed E-state index contributed by atoms with van der Waals surface area (Å²) in [7, 11) is 0. The topological polar surface area (TPSA) is 47.4 Å². The van der Waals surface area contributed by atoms with Gasteiger partial charge in [0.1, 0.15) is 11.6 Å². The highest BCUT2D eigenvalue weighted by Gasteiger charge is 2.32. The number of fused-ring (bicyclic) bond motifs is 1. The first kappa shape index (κ1) is 20.5. The van der Waals surface area contributed by atoms with E-state index in [2.05, 4.69) is 35.8 Å². The highest BCUT2D eigenvalue weighted by Crippen LogP contribution is 2.34. The lowest BCUT2D eigenvalue weighted by Crippen LogP contribution is -2.31. The molecule has 1 aliphatic heterocycles. The number of carbonyl (C=O) groups excluding carboxylic acids is 1. The molecule has 4 rings (SSSR count). The van der Waals surface area contributed by atoms with Crippen LogP contribution in [0.1, 0.15) is 56.5 Å². The van der Waals surface area contributed by atoms with Crippen molar-refractivity contribution < 1.29 is 9.53 Å². The third-order valence-corrected chi connectivity index (χ3v) is 5.98. The normalized spacial score (nSPS) is 16.3. The van der Waals surface area contributed by atoms with Gasteiger partial charge in [0.05, 0.1) is 23.7 Å². The molecule has 2 heterocycles. The molecule has 1 aliphatic rings. The van der Waals surface area contributed by atoms with Gasteiger partial charge in [-0.3, -0.25) is 4.79 Å². The number of unbranched alkanes of at least 4 members (excludes halogenated alkanes) is 1. The van der Waals surface area contributed by atoms with Crippen molar-refractivity contribution in [1.82, 2.24) is 14.5 Å². The lowest BCUT2D eigenvalue weighted by Gasteiger charge is -2.25. The minimum atomic E-state index is 0.0908. The van der Waals surface area contributed by atoms with Gasteiger partial charge in [-0.1, -0.05) is 37.3 Å². The van der Waals surface area contributed by atoms with Crippen LogP contribution in [0, 0.1) is 6.92 Å². The number of amides is 1. The summed E-state index contributed by atoms with van der Waals surface area (Å²) < 4.78 is 8.29. The first-order chi connectivity index (χ1) is 14.7. The fourth-order valence-electron chi connectivity index (χ4n) is 4.39. The number of imidazole rings is 1. The summed E-state index contributed by atoms with van der Waals surface area (Å²) in [5.41, 5.74) is 3.34. The molecule has 158 valence electrons. The Kier molecular flexibility index (Phi) is 6.36. The Morgan fingerprint density at radius 2 is 1.93 bits per heavy atom. The number of benzene rings is 2. The molecular formula is C25H31N3O2. The molecule has 1 atom stereocenters. The van der Waals surface area contributed by atoms with E-state index in [1.165, 1.54) is 5.56 Å². The SMILES string of the molecule is CCC(=O)N1CCC[C@H]1c1nc2ccccc2n1CCCCOc1ccccc1C. The van der Waals surface area contributed by atoms with Gasteiger partial charge in [-0.2, -0.15) is 0 Å². The third kappa shape index (κ3) is 4.20. The Morgan fingerprint density at radius 3 is 2.77 bits per heavy atom. The molecule has 5 nitrogen and oxygen atoms in total. The molecule has 0 radical (unpaired) electrons. The van der Waals surface area contributed by atoms with Crippen molar-refractivity contribution in [2.45, 2.75) is 58.5 Å². The molecule has 1 saturated heterocycles. The van der Waals surface area contributed by atoms with Gasteiger partial charge in [-0.05, 0) is 56.4 Å². The Balaban J connectivity index is 1.47. The van der Waals surface area contributed by atoms with Crippen LogP contribution < -0.4 is 4.74 Å². The van der Waals surface area contributed by atoms with Gasteiger partial charge in [0.25, 0.3) is 0 Å².